The van der Waals surface area contributed by atoms with Crippen LogP contribution in [0.2, 0.25) is 0 Å². The highest BCUT2D eigenvalue weighted by Gasteiger charge is 2.24. The summed E-state index contributed by atoms with van der Waals surface area (Å²) in [5.74, 6) is 0.902. The van der Waals surface area contributed by atoms with Crippen molar-refractivity contribution in [2.24, 2.45) is 5.92 Å². The zero-order chi connectivity index (χ0) is 13.7. The summed E-state index contributed by atoms with van der Waals surface area (Å²) in [7, 11) is 0. The summed E-state index contributed by atoms with van der Waals surface area (Å²) in [6.07, 6.45) is 7.27. The SMILES string of the molecule is CC1CCCN(C(=O)CN2CCCCCCC2=O)C1. The van der Waals surface area contributed by atoms with Crippen molar-refractivity contribution >= 4 is 11.8 Å². The normalized spacial score (nSPS) is 25.9. The molecule has 2 saturated heterocycles. The lowest BCUT2D eigenvalue weighted by Crippen LogP contribution is -2.46. The lowest BCUT2D eigenvalue weighted by Gasteiger charge is -2.33. The number of piperidine rings is 1. The summed E-state index contributed by atoms with van der Waals surface area (Å²) in [6, 6.07) is 0. The summed E-state index contributed by atoms with van der Waals surface area (Å²) in [6.45, 7) is 4.98. The molecule has 2 amide bonds. The Kier molecular flexibility index (Phi) is 5.23. The highest BCUT2D eigenvalue weighted by Crippen LogP contribution is 2.17. The van der Waals surface area contributed by atoms with Gasteiger partial charge in [-0.3, -0.25) is 9.59 Å². The monoisotopic (exact) mass is 266 g/mol. The van der Waals surface area contributed by atoms with Crippen LogP contribution in [0, 0.1) is 5.92 Å². The molecule has 0 radical (unpaired) electrons. The highest BCUT2D eigenvalue weighted by molar-refractivity contribution is 5.85. The van der Waals surface area contributed by atoms with E-state index in [0.29, 0.717) is 18.9 Å². The zero-order valence-corrected chi connectivity index (χ0v) is 12.1. The molecule has 2 aliphatic heterocycles. The standard InChI is InChI=1S/C15H26N2O2/c1-13-7-6-10-16(11-13)15(19)12-17-9-5-3-2-4-8-14(17)18/h13H,2-12H2,1H3. The molecule has 0 aromatic heterocycles. The molecular formula is C15H26N2O2. The first-order valence-corrected chi connectivity index (χ1v) is 7.72. The van der Waals surface area contributed by atoms with Crippen molar-refractivity contribution in [2.45, 2.75) is 51.9 Å². The van der Waals surface area contributed by atoms with Crippen LogP contribution in [0.1, 0.15) is 51.9 Å². The number of nitrogens with zero attached hydrogens (tertiary/aromatic N) is 2. The Bertz CT molecular complexity index is 330. The smallest absolute Gasteiger partial charge is 0.242 e. The highest BCUT2D eigenvalue weighted by atomic mass is 16.2. The van der Waals surface area contributed by atoms with Gasteiger partial charge in [0.1, 0.15) is 0 Å². The topological polar surface area (TPSA) is 40.6 Å². The second-order valence-electron chi connectivity index (χ2n) is 6.07. The van der Waals surface area contributed by atoms with Crippen LogP contribution in [0.15, 0.2) is 0 Å². The van der Waals surface area contributed by atoms with E-state index in [1.54, 1.807) is 4.90 Å². The maximum Gasteiger partial charge on any atom is 0.242 e. The van der Waals surface area contributed by atoms with Crippen molar-refractivity contribution in [2.75, 3.05) is 26.2 Å². The van der Waals surface area contributed by atoms with Gasteiger partial charge in [-0.15, -0.1) is 0 Å². The van der Waals surface area contributed by atoms with E-state index in [1.807, 2.05) is 4.90 Å². The van der Waals surface area contributed by atoms with Gasteiger partial charge in [-0.05, 0) is 31.6 Å². The van der Waals surface area contributed by atoms with Gasteiger partial charge in [0.25, 0.3) is 0 Å². The third-order valence-corrected chi connectivity index (χ3v) is 4.26. The van der Waals surface area contributed by atoms with Crippen LogP contribution in [0.3, 0.4) is 0 Å². The molecule has 0 saturated carbocycles. The Labute approximate surface area is 116 Å². The lowest BCUT2D eigenvalue weighted by molar-refractivity contribution is -0.141. The van der Waals surface area contributed by atoms with Crippen LogP contribution in [0.25, 0.3) is 0 Å². The second-order valence-corrected chi connectivity index (χ2v) is 6.07. The molecule has 108 valence electrons. The van der Waals surface area contributed by atoms with Crippen molar-refractivity contribution in [3.8, 4) is 0 Å². The largest absolute Gasteiger partial charge is 0.341 e. The number of rotatable bonds is 2. The molecule has 2 rings (SSSR count). The molecule has 2 aliphatic rings. The Hall–Kier alpha value is -1.06. The van der Waals surface area contributed by atoms with Crippen molar-refractivity contribution in [3.63, 3.8) is 0 Å². The van der Waals surface area contributed by atoms with Crippen molar-refractivity contribution in [1.82, 2.24) is 9.80 Å². The molecule has 1 atom stereocenters. The van der Waals surface area contributed by atoms with Gasteiger partial charge in [-0.25, -0.2) is 0 Å². The molecule has 2 heterocycles. The predicted octanol–water partition coefficient (Wildman–Crippen LogP) is 2.04. The van der Waals surface area contributed by atoms with E-state index in [1.165, 1.54) is 12.8 Å². The molecule has 0 bridgehead atoms. The zero-order valence-electron chi connectivity index (χ0n) is 12.1. The van der Waals surface area contributed by atoms with Crippen molar-refractivity contribution in [1.29, 1.82) is 0 Å². The molecule has 19 heavy (non-hydrogen) atoms. The molecule has 0 N–H and O–H groups in total. The Morgan fingerprint density at radius 2 is 1.95 bits per heavy atom. The molecule has 0 aliphatic carbocycles. The summed E-state index contributed by atoms with van der Waals surface area (Å²) in [5, 5.41) is 0. The van der Waals surface area contributed by atoms with E-state index < -0.39 is 0 Å². The number of likely N-dealkylation sites (tertiary alicyclic amines) is 2. The van der Waals surface area contributed by atoms with Gasteiger partial charge >= 0.3 is 0 Å². The fraction of sp³-hybridized carbons (Fsp3) is 0.867. The van der Waals surface area contributed by atoms with E-state index in [4.69, 9.17) is 0 Å². The Morgan fingerprint density at radius 1 is 1.16 bits per heavy atom. The number of hydrogen-bond donors (Lipinski definition) is 0. The van der Waals surface area contributed by atoms with Gasteiger partial charge in [0.15, 0.2) is 0 Å². The van der Waals surface area contributed by atoms with Gasteiger partial charge < -0.3 is 9.80 Å². The summed E-state index contributed by atoms with van der Waals surface area (Å²) in [5.41, 5.74) is 0. The summed E-state index contributed by atoms with van der Waals surface area (Å²) in [4.78, 5) is 28.0. The minimum Gasteiger partial charge on any atom is -0.341 e. The molecule has 0 spiro atoms. The fourth-order valence-electron chi connectivity index (χ4n) is 3.06. The maximum absolute atomic E-state index is 12.3. The summed E-state index contributed by atoms with van der Waals surface area (Å²) < 4.78 is 0. The van der Waals surface area contributed by atoms with Gasteiger partial charge in [0.2, 0.25) is 11.8 Å². The second kappa shape index (κ2) is 6.92. The van der Waals surface area contributed by atoms with Gasteiger partial charge in [0, 0.05) is 26.1 Å². The van der Waals surface area contributed by atoms with Crippen LogP contribution in [0.5, 0.6) is 0 Å². The summed E-state index contributed by atoms with van der Waals surface area (Å²) >= 11 is 0. The van der Waals surface area contributed by atoms with Gasteiger partial charge in [-0.1, -0.05) is 19.8 Å². The Morgan fingerprint density at radius 3 is 2.74 bits per heavy atom. The van der Waals surface area contributed by atoms with E-state index in [9.17, 15) is 9.59 Å². The van der Waals surface area contributed by atoms with Crippen LogP contribution in [-0.4, -0.2) is 47.8 Å². The number of hydrogen-bond acceptors (Lipinski definition) is 2. The van der Waals surface area contributed by atoms with Crippen molar-refractivity contribution in [3.05, 3.63) is 0 Å². The first-order valence-electron chi connectivity index (χ1n) is 7.72. The van der Waals surface area contributed by atoms with Crippen LogP contribution in [0.4, 0.5) is 0 Å². The Balaban J connectivity index is 1.87. The average molecular weight is 266 g/mol. The third kappa shape index (κ3) is 4.22. The minimum atomic E-state index is 0.139. The number of amides is 2. The molecule has 2 fully saturated rings. The molecule has 4 nitrogen and oxygen atoms in total. The van der Waals surface area contributed by atoms with Crippen LogP contribution in [-0.2, 0) is 9.59 Å². The van der Waals surface area contributed by atoms with Gasteiger partial charge in [0.05, 0.1) is 6.54 Å². The van der Waals surface area contributed by atoms with Crippen LogP contribution >= 0.6 is 0 Å². The number of carbonyl (C=O) groups excluding carboxylic acids is 2. The molecule has 0 aromatic carbocycles. The van der Waals surface area contributed by atoms with E-state index in [0.717, 1.165) is 45.3 Å². The van der Waals surface area contributed by atoms with Crippen LogP contribution < -0.4 is 0 Å². The molecular weight excluding hydrogens is 240 g/mol. The molecule has 4 heteroatoms. The van der Waals surface area contributed by atoms with E-state index in [2.05, 4.69) is 6.92 Å². The first-order chi connectivity index (χ1) is 9.16. The van der Waals surface area contributed by atoms with E-state index in [-0.39, 0.29) is 11.8 Å². The quantitative estimate of drug-likeness (QED) is 0.767. The van der Waals surface area contributed by atoms with Gasteiger partial charge in [-0.2, -0.15) is 0 Å². The molecule has 1 unspecified atom stereocenters. The maximum atomic E-state index is 12.3. The lowest BCUT2D eigenvalue weighted by atomic mass is 10.0. The minimum absolute atomic E-state index is 0.139. The third-order valence-electron chi connectivity index (χ3n) is 4.26. The predicted molar refractivity (Wildman–Crippen MR) is 74.6 cm³/mol. The molecule has 0 aromatic rings. The fourth-order valence-corrected chi connectivity index (χ4v) is 3.06. The first kappa shape index (κ1) is 14.4. The van der Waals surface area contributed by atoms with Crippen molar-refractivity contribution < 1.29 is 9.59 Å². The van der Waals surface area contributed by atoms with E-state index >= 15 is 0 Å². The number of carbonyl (C=O) groups is 2. The average Bonchev–Trinajstić information content (AvgIpc) is 2.38.